The zero-order valence-electron chi connectivity index (χ0n) is 14.2. The lowest BCUT2D eigenvalue weighted by atomic mass is 10.1. The first-order valence-corrected chi connectivity index (χ1v) is 7.40. The number of ether oxygens (including phenoxy) is 4. The quantitative estimate of drug-likeness (QED) is 0.777. The Balaban J connectivity index is 2.02. The van der Waals surface area contributed by atoms with Crippen molar-refractivity contribution in [3.8, 4) is 17.2 Å². The third kappa shape index (κ3) is 4.87. The van der Waals surface area contributed by atoms with Gasteiger partial charge in [0.15, 0.2) is 6.61 Å². The molecule has 0 aromatic heterocycles. The molecule has 0 bridgehead atoms. The molecule has 7 nitrogen and oxygen atoms in total. The zero-order chi connectivity index (χ0) is 18.2. The maximum absolute atomic E-state index is 12.1. The average Bonchev–Trinajstić information content (AvgIpc) is 2.66. The first-order valence-electron chi connectivity index (χ1n) is 7.40. The molecular formula is C18H19NO6. The van der Waals surface area contributed by atoms with Crippen LogP contribution in [0, 0.1) is 0 Å². The molecular weight excluding hydrogens is 326 g/mol. The minimum Gasteiger partial charge on any atom is -0.497 e. The van der Waals surface area contributed by atoms with E-state index in [1.807, 2.05) is 0 Å². The molecule has 0 aliphatic carbocycles. The molecule has 132 valence electrons. The fourth-order valence-corrected chi connectivity index (χ4v) is 2.05. The molecule has 0 atom stereocenters. The van der Waals surface area contributed by atoms with E-state index in [1.165, 1.54) is 20.3 Å². The van der Waals surface area contributed by atoms with Crippen molar-refractivity contribution < 1.29 is 28.5 Å². The number of amides is 1. The van der Waals surface area contributed by atoms with Crippen molar-refractivity contribution in [3.63, 3.8) is 0 Å². The molecule has 0 spiro atoms. The summed E-state index contributed by atoms with van der Waals surface area (Å²) in [6, 6.07) is 11.5. The summed E-state index contributed by atoms with van der Waals surface area (Å²) in [7, 11) is 4.31. The molecule has 2 aromatic rings. The molecule has 0 aliphatic heterocycles. The molecule has 0 radical (unpaired) electrons. The Labute approximate surface area is 145 Å². The summed E-state index contributed by atoms with van der Waals surface area (Å²) >= 11 is 0. The number of hydrogen-bond acceptors (Lipinski definition) is 6. The second-order valence-corrected chi connectivity index (χ2v) is 4.92. The summed E-state index contributed by atoms with van der Waals surface area (Å²) in [6.07, 6.45) is 0. The smallest absolute Gasteiger partial charge is 0.340 e. The van der Waals surface area contributed by atoms with Crippen LogP contribution in [0.2, 0.25) is 0 Å². The predicted molar refractivity (Wildman–Crippen MR) is 91.5 cm³/mol. The van der Waals surface area contributed by atoms with E-state index >= 15 is 0 Å². The second kappa shape index (κ2) is 8.58. The third-order valence-corrected chi connectivity index (χ3v) is 3.34. The van der Waals surface area contributed by atoms with Crippen LogP contribution in [0.15, 0.2) is 42.5 Å². The Morgan fingerprint density at radius 3 is 2.08 bits per heavy atom. The molecule has 1 amide bonds. The Morgan fingerprint density at radius 2 is 1.48 bits per heavy atom. The van der Waals surface area contributed by atoms with E-state index in [4.69, 9.17) is 18.9 Å². The number of anilines is 1. The van der Waals surface area contributed by atoms with Gasteiger partial charge in [0.1, 0.15) is 17.2 Å². The number of rotatable bonds is 7. The summed E-state index contributed by atoms with van der Waals surface area (Å²) in [6.45, 7) is -0.209. The molecule has 0 heterocycles. The summed E-state index contributed by atoms with van der Waals surface area (Å²) in [4.78, 5) is 23.9. The highest BCUT2D eigenvalue weighted by Crippen LogP contribution is 2.23. The van der Waals surface area contributed by atoms with E-state index in [2.05, 4.69) is 5.32 Å². The SMILES string of the molecule is COC(=O)c1cc(OC)ccc1NC(=O)COc1ccc(OC)cc1. The highest BCUT2D eigenvalue weighted by atomic mass is 16.5. The predicted octanol–water partition coefficient (Wildman–Crippen LogP) is 2.51. The van der Waals surface area contributed by atoms with E-state index in [-0.39, 0.29) is 12.2 Å². The van der Waals surface area contributed by atoms with Gasteiger partial charge in [-0.05, 0) is 42.5 Å². The van der Waals surface area contributed by atoms with E-state index in [0.29, 0.717) is 22.9 Å². The molecule has 1 N–H and O–H groups in total. The largest absolute Gasteiger partial charge is 0.497 e. The van der Waals surface area contributed by atoms with Gasteiger partial charge in [-0.25, -0.2) is 4.79 Å². The standard InChI is InChI=1S/C18H19NO6/c1-22-12-4-6-13(7-5-12)25-11-17(20)19-16-9-8-14(23-2)10-15(16)18(21)24-3/h4-10H,11H2,1-3H3,(H,19,20). The van der Waals surface area contributed by atoms with E-state index in [9.17, 15) is 9.59 Å². The normalized spacial score (nSPS) is 9.88. The fraction of sp³-hybridized carbons (Fsp3) is 0.222. The highest BCUT2D eigenvalue weighted by molar-refractivity contribution is 6.02. The van der Waals surface area contributed by atoms with Gasteiger partial charge in [-0.3, -0.25) is 4.79 Å². The summed E-state index contributed by atoms with van der Waals surface area (Å²) in [5, 5.41) is 2.62. The molecule has 2 aromatic carbocycles. The van der Waals surface area contributed by atoms with Crippen molar-refractivity contribution in [1.82, 2.24) is 0 Å². The van der Waals surface area contributed by atoms with Crippen LogP contribution in [-0.4, -0.2) is 39.8 Å². The van der Waals surface area contributed by atoms with Gasteiger partial charge >= 0.3 is 5.97 Å². The maximum Gasteiger partial charge on any atom is 0.340 e. The lowest BCUT2D eigenvalue weighted by Crippen LogP contribution is -2.21. The van der Waals surface area contributed by atoms with Crippen molar-refractivity contribution >= 4 is 17.6 Å². The first-order chi connectivity index (χ1) is 12.1. The van der Waals surface area contributed by atoms with Crippen LogP contribution in [0.3, 0.4) is 0 Å². The molecule has 0 saturated carbocycles. The monoisotopic (exact) mass is 345 g/mol. The van der Waals surface area contributed by atoms with Crippen molar-refractivity contribution in [2.24, 2.45) is 0 Å². The number of carbonyl (C=O) groups is 2. The topological polar surface area (TPSA) is 83.1 Å². The van der Waals surface area contributed by atoms with Gasteiger partial charge in [-0.1, -0.05) is 0 Å². The number of hydrogen-bond donors (Lipinski definition) is 1. The Hall–Kier alpha value is -3.22. The Morgan fingerprint density at radius 1 is 0.880 bits per heavy atom. The maximum atomic E-state index is 12.1. The highest BCUT2D eigenvalue weighted by Gasteiger charge is 2.15. The summed E-state index contributed by atoms with van der Waals surface area (Å²) in [5.74, 6) is 0.709. The molecule has 7 heteroatoms. The minimum atomic E-state index is -0.578. The molecule has 2 rings (SSSR count). The van der Waals surface area contributed by atoms with Crippen molar-refractivity contribution in [2.75, 3.05) is 33.3 Å². The average molecular weight is 345 g/mol. The van der Waals surface area contributed by atoms with Crippen LogP contribution in [0.1, 0.15) is 10.4 Å². The molecule has 0 fully saturated rings. The van der Waals surface area contributed by atoms with Gasteiger partial charge in [0.05, 0.1) is 32.6 Å². The molecule has 0 aliphatic rings. The number of carbonyl (C=O) groups excluding carboxylic acids is 2. The lowest BCUT2D eigenvalue weighted by Gasteiger charge is -2.12. The van der Waals surface area contributed by atoms with Crippen molar-refractivity contribution in [1.29, 1.82) is 0 Å². The van der Waals surface area contributed by atoms with E-state index in [0.717, 1.165) is 0 Å². The number of esters is 1. The second-order valence-electron chi connectivity index (χ2n) is 4.92. The van der Waals surface area contributed by atoms with Crippen LogP contribution in [0.25, 0.3) is 0 Å². The summed E-state index contributed by atoms with van der Waals surface area (Å²) < 4.78 is 20.3. The summed E-state index contributed by atoms with van der Waals surface area (Å²) in [5.41, 5.74) is 0.510. The van der Waals surface area contributed by atoms with Crippen LogP contribution in [0.5, 0.6) is 17.2 Å². The van der Waals surface area contributed by atoms with Crippen LogP contribution < -0.4 is 19.5 Å². The van der Waals surface area contributed by atoms with Crippen LogP contribution in [-0.2, 0) is 9.53 Å². The van der Waals surface area contributed by atoms with Crippen molar-refractivity contribution in [3.05, 3.63) is 48.0 Å². The van der Waals surface area contributed by atoms with Crippen LogP contribution >= 0.6 is 0 Å². The fourth-order valence-electron chi connectivity index (χ4n) is 2.05. The Kier molecular flexibility index (Phi) is 6.22. The van der Waals surface area contributed by atoms with Gasteiger partial charge in [-0.15, -0.1) is 0 Å². The van der Waals surface area contributed by atoms with Gasteiger partial charge < -0.3 is 24.3 Å². The molecule has 0 unspecified atom stereocenters. The number of methoxy groups -OCH3 is 3. The van der Waals surface area contributed by atoms with Gasteiger partial charge in [-0.2, -0.15) is 0 Å². The zero-order valence-corrected chi connectivity index (χ0v) is 14.2. The van der Waals surface area contributed by atoms with Crippen molar-refractivity contribution in [2.45, 2.75) is 0 Å². The Bertz CT molecular complexity index is 742. The van der Waals surface area contributed by atoms with Gasteiger partial charge in [0, 0.05) is 0 Å². The molecule has 25 heavy (non-hydrogen) atoms. The number of nitrogens with one attached hydrogen (secondary N) is 1. The third-order valence-electron chi connectivity index (χ3n) is 3.34. The lowest BCUT2D eigenvalue weighted by molar-refractivity contribution is -0.118. The van der Waals surface area contributed by atoms with Gasteiger partial charge in [0.25, 0.3) is 5.91 Å². The van der Waals surface area contributed by atoms with Gasteiger partial charge in [0.2, 0.25) is 0 Å². The number of benzene rings is 2. The molecule has 0 saturated heterocycles. The van der Waals surface area contributed by atoms with E-state index < -0.39 is 11.9 Å². The van der Waals surface area contributed by atoms with E-state index in [1.54, 1.807) is 43.5 Å². The van der Waals surface area contributed by atoms with Crippen LogP contribution in [0.4, 0.5) is 5.69 Å². The first kappa shape index (κ1) is 18.1. The minimum absolute atomic E-state index is 0.194.